The average molecular weight is 302 g/mol. The van der Waals surface area contributed by atoms with Crippen molar-refractivity contribution in [3.8, 4) is 11.1 Å². The fourth-order valence-corrected chi connectivity index (χ4v) is 2.89. The monoisotopic (exact) mass is 302 g/mol. The fraction of sp³-hybridized carbons (Fsp3) is 0.0526. The quantitative estimate of drug-likeness (QED) is 0.527. The number of para-hydroxylation sites is 1. The minimum atomic E-state index is -0.434. The summed E-state index contributed by atoms with van der Waals surface area (Å²) < 4.78 is 6.73. The van der Waals surface area contributed by atoms with E-state index in [1.807, 2.05) is 71.2 Å². The van der Waals surface area contributed by atoms with Crippen LogP contribution in [0.5, 0.6) is 0 Å². The molecule has 0 bridgehead atoms. The molecule has 0 saturated heterocycles. The number of hydrogen-bond acceptors (Lipinski definition) is 3. The maximum Gasteiger partial charge on any atom is 0.359 e. The molecule has 0 unspecified atom stereocenters. The van der Waals surface area contributed by atoms with E-state index < -0.39 is 5.97 Å². The highest BCUT2D eigenvalue weighted by atomic mass is 16.5. The summed E-state index contributed by atoms with van der Waals surface area (Å²) in [5.74, 6) is -0.434. The van der Waals surface area contributed by atoms with Gasteiger partial charge in [0.05, 0.1) is 18.1 Å². The van der Waals surface area contributed by atoms with Crippen molar-refractivity contribution in [2.24, 2.45) is 0 Å². The SMILES string of the molecule is COC(=O)c1nn2c(ccc3ccccc32)c1-c1ccccc1. The van der Waals surface area contributed by atoms with Crippen molar-refractivity contribution in [3.63, 3.8) is 0 Å². The number of rotatable bonds is 2. The standard InChI is InChI=1S/C19H14N2O2/c1-23-19(22)18-17(14-8-3-2-4-9-14)16-12-11-13-7-5-6-10-15(13)21(16)20-18/h2-12H,1H3. The molecule has 0 amide bonds. The van der Waals surface area contributed by atoms with Gasteiger partial charge in [-0.15, -0.1) is 0 Å². The number of esters is 1. The number of hydrogen-bond donors (Lipinski definition) is 0. The molecule has 0 radical (unpaired) electrons. The molecule has 112 valence electrons. The van der Waals surface area contributed by atoms with E-state index in [0.717, 1.165) is 27.5 Å². The van der Waals surface area contributed by atoms with Crippen LogP contribution in [0.4, 0.5) is 0 Å². The van der Waals surface area contributed by atoms with Gasteiger partial charge in [0.25, 0.3) is 0 Å². The normalized spacial score (nSPS) is 11.0. The number of pyridine rings is 1. The third-order valence-corrected chi connectivity index (χ3v) is 3.95. The van der Waals surface area contributed by atoms with Crippen molar-refractivity contribution in [3.05, 3.63) is 72.4 Å². The number of fused-ring (bicyclic) bond motifs is 3. The van der Waals surface area contributed by atoms with Gasteiger partial charge in [-0.25, -0.2) is 9.31 Å². The molecule has 2 heterocycles. The molecular weight excluding hydrogens is 288 g/mol. The first kappa shape index (κ1) is 13.5. The molecule has 0 N–H and O–H groups in total. The van der Waals surface area contributed by atoms with Crippen LogP contribution >= 0.6 is 0 Å². The molecule has 0 spiro atoms. The number of nitrogens with zero attached hydrogens (tertiary/aromatic N) is 2. The summed E-state index contributed by atoms with van der Waals surface area (Å²) in [6.45, 7) is 0. The third-order valence-electron chi connectivity index (χ3n) is 3.95. The van der Waals surface area contributed by atoms with Crippen molar-refractivity contribution < 1.29 is 9.53 Å². The second kappa shape index (κ2) is 5.25. The molecule has 23 heavy (non-hydrogen) atoms. The van der Waals surface area contributed by atoms with Crippen LogP contribution in [0.2, 0.25) is 0 Å². The minimum Gasteiger partial charge on any atom is -0.464 e. The van der Waals surface area contributed by atoms with Crippen LogP contribution in [0.1, 0.15) is 10.5 Å². The van der Waals surface area contributed by atoms with Gasteiger partial charge in [-0.05, 0) is 17.7 Å². The zero-order valence-corrected chi connectivity index (χ0v) is 12.6. The Bertz CT molecular complexity index is 1020. The number of methoxy groups -OCH3 is 1. The van der Waals surface area contributed by atoms with Crippen LogP contribution in [-0.4, -0.2) is 22.7 Å². The predicted molar refractivity (Wildman–Crippen MR) is 89.5 cm³/mol. The molecule has 0 aliphatic rings. The summed E-state index contributed by atoms with van der Waals surface area (Å²) in [6, 6.07) is 21.8. The molecule has 2 aromatic carbocycles. The van der Waals surface area contributed by atoms with E-state index in [2.05, 4.69) is 5.10 Å². The smallest absolute Gasteiger partial charge is 0.359 e. The molecule has 0 saturated carbocycles. The summed E-state index contributed by atoms with van der Waals surface area (Å²) in [7, 11) is 1.37. The first-order chi connectivity index (χ1) is 11.3. The van der Waals surface area contributed by atoms with Gasteiger partial charge in [-0.1, -0.05) is 54.6 Å². The second-order valence-corrected chi connectivity index (χ2v) is 5.27. The van der Waals surface area contributed by atoms with E-state index in [9.17, 15) is 4.79 Å². The average Bonchev–Trinajstić information content (AvgIpc) is 3.01. The molecule has 0 fully saturated rings. The van der Waals surface area contributed by atoms with Crippen molar-refractivity contribution in [1.29, 1.82) is 0 Å². The highest BCUT2D eigenvalue weighted by molar-refractivity contribution is 6.02. The van der Waals surface area contributed by atoms with Crippen LogP contribution in [0.15, 0.2) is 66.7 Å². The topological polar surface area (TPSA) is 43.6 Å². The minimum absolute atomic E-state index is 0.329. The van der Waals surface area contributed by atoms with Crippen LogP contribution < -0.4 is 0 Å². The summed E-state index contributed by atoms with van der Waals surface area (Å²) in [5, 5.41) is 5.60. The van der Waals surface area contributed by atoms with E-state index in [1.54, 1.807) is 0 Å². The molecule has 0 aliphatic heterocycles. The lowest BCUT2D eigenvalue weighted by molar-refractivity contribution is 0.0594. The van der Waals surface area contributed by atoms with Crippen molar-refractivity contribution >= 4 is 22.4 Å². The van der Waals surface area contributed by atoms with Gasteiger partial charge in [0.15, 0.2) is 5.69 Å². The first-order valence-electron chi connectivity index (χ1n) is 7.34. The van der Waals surface area contributed by atoms with Crippen LogP contribution in [0.25, 0.3) is 27.5 Å². The zero-order valence-electron chi connectivity index (χ0n) is 12.6. The Labute approximate surface area is 132 Å². The van der Waals surface area contributed by atoms with E-state index in [0.29, 0.717) is 5.69 Å². The van der Waals surface area contributed by atoms with Crippen molar-refractivity contribution in [1.82, 2.24) is 9.61 Å². The molecule has 4 heteroatoms. The summed E-state index contributed by atoms with van der Waals surface area (Å²) in [4.78, 5) is 12.2. The molecule has 2 aromatic heterocycles. The largest absolute Gasteiger partial charge is 0.464 e. The van der Waals surface area contributed by atoms with Crippen LogP contribution in [-0.2, 0) is 4.74 Å². The van der Waals surface area contributed by atoms with Gasteiger partial charge < -0.3 is 4.74 Å². The van der Waals surface area contributed by atoms with Crippen molar-refractivity contribution in [2.45, 2.75) is 0 Å². The van der Waals surface area contributed by atoms with Gasteiger partial charge in [0, 0.05) is 10.9 Å². The van der Waals surface area contributed by atoms with Gasteiger partial charge >= 0.3 is 5.97 Å². The molecule has 4 nitrogen and oxygen atoms in total. The van der Waals surface area contributed by atoms with E-state index in [4.69, 9.17) is 4.74 Å². The second-order valence-electron chi connectivity index (χ2n) is 5.27. The highest BCUT2D eigenvalue weighted by Crippen LogP contribution is 2.31. The molecular formula is C19H14N2O2. The predicted octanol–water partition coefficient (Wildman–Crippen LogP) is 3.94. The summed E-state index contributed by atoms with van der Waals surface area (Å²) >= 11 is 0. The Hall–Kier alpha value is -3.14. The molecule has 0 atom stereocenters. The number of ether oxygens (including phenoxy) is 1. The molecule has 4 aromatic rings. The number of carbonyl (C=O) groups is 1. The maximum absolute atomic E-state index is 12.2. The van der Waals surface area contributed by atoms with Crippen LogP contribution in [0.3, 0.4) is 0 Å². The fourth-order valence-electron chi connectivity index (χ4n) is 2.89. The lowest BCUT2D eigenvalue weighted by atomic mass is 10.0. The Morgan fingerprint density at radius 3 is 2.43 bits per heavy atom. The van der Waals surface area contributed by atoms with Gasteiger partial charge in [0.2, 0.25) is 0 Å². The molecule has 0 aliphatic carbocycles. The lowest BCUT2D eigenvalue weighted by Gasteiger charge is -2.03. The van der Waals surface area contributed by atoms with Gasteiger partial charge in [0.1, 0.15) is 0 Å². The first-order valence-corrected chi connectivity index (χ1v) is 7.34. The summed E-state index contributed by atoms with van der Waals surface area (Å²) in [6.07, 6.45) is 0. The molecule has 4 rings (SSSR count). The Kier molecular flexibility index (Phi) is 3.08. The zero-order chi connectivity index (χ0) is 15.8. The Balaban J connectivity index is 2.14. The van der Waals surface area contributed by atoms with E-state index in [-0.39, 0.29) is 0 Å². The number of benzene rings is 2. The maximum atomic E-state index is 12.2. The number of aromatic nitrogens is 2. The van der Waals surface area contributed by atoms with Crippen molar-refractivity contribution in [2.75, 3.05) is 7.11 Å². The lowest BCUT2D eigenvalue weighted by Crippen LogP contribution is -2.04. The Morgan fingerprint density at radius 2 is 1.65 bits per heavy atom. The van der Waals surface area contributed by atoms with Crippen LogP contribution in [0, 0.1) is 0 Å². The third kappa shape index (κ3) is 2.07. The summed E-state index contributed by atoms with van der Waals surface area (Å²) in [5.41, 5.74) is 3.91. The number of carbonyl (C=O) groups excluding carboxylic acids is 1. The highest BCUT2D eigenvalue weighted by Gasteiger charge is 2.21. The van der Waals surface area contributed by atoms with Gasteiger partial charge in [-0.2, -0.15) is 5.10 Å². The van der Waals surface area contributed by atoms with E-state index >= 15 is 0 Å². The van der Waals surface area contributed by atoms with E-state index in [1.165, 1.54) is 7.11 Å². The Morgan fingerprint density at radius 1 is 0.913 bits per heavy atom. The van der Waals surface area contributed by atoms with Gasteiger partial charge in [-0.3, -0.25) is 0 Å².